The number of pyridine rings is 1. The average molecular weight is 217 g/mol. The molecule has 0 unspecified atom stereocenters. The summed E-state index contributed by atoms with van der Waals surface area (Å²) >= 11 is 0. The van der Waals surface area contributed by atoms with Crippen LogP contribution >= 0.6 is 0 Å². The smallest absolute Gasteiger partial charge is 0.286 e. The highest BCUT2D eigenvalue weighted by Crippen LogP contribution is 1.99. The highest BCUT2D eigenvalue weighted by Gasteiger charge is 2.10. The molecule has 2 aromatic rings. The van der Waals surface area contributed by atoms with Crippen LogP contribution in [0.1, 0.15) is 5.69 Å². The van der Waals surface area contributed by atoms with Crippen LogP contribution in [0.5, 0.6) is 0 Å². The van der Waals surface area contributed by atoms with Crippen LogP contribution in [-0.2, 0) is 7.05 Å². The van der Waals surface area contributed by atoms with Crippen LogP contribution in [0.4, 0.5) is 0 Å². The van der Waals surface area contributed by atoms with Gasteiger partial charge in [-0.1, -0.05) is 6.07 Å². The zero-order valence-corrected chi connectivity index (χ0v) is 8.91. The third-order valence-electron chi connectivity index (χ3n) is 2.27. The number of rotatable bonds is 3. The summed E-state index contributed by atoms with van der Waals surface area (Å²) in [6, 6.07) is 6.01. The largest absolute Gasteiger partial charge is 0.322 e. The number of nitrogens with zero attached hydrogens (tertiary/aromatic N) is 4. The molecular weight excluding hydrogens is 204 g/mol. The van der Waals surface area contributed by atoms with Crippen LogP contribution in [0.15, 0.2) is 40.8 Å². The first-order valence-electron chi connectivity index (χ1n) is 4.79. The van der Waals surface area contributed by atoms with Gasteiger partial charge < -0.3 is 5.84 Å². The van der Waals surface area contributed by atoms with Crippen molar-refractivity contribution in [3.63, 3.8) is 0 Å². The number of fused-ring (bicyclic) bond motifs is 1. The molecule has 0 aliphatic rings. The van der Waals surface area contributed by atoms with Crippen molar-refractivity contribution in [2.45, 2.75) is 0 Å². The van der Waals surface area contributed by atoms with E-state index in [0.29, 0.717) is 0 Å². The molecular formula is C10H13N6+. The molecule has 2 heterocycles. The first kappa shape index (κ1) is 10.2. The molecule has 0 bridgehead atoms. The van der Waals surface area contributed by atoms with E-state index in [-0.39, 0.29) is 0 Å². The minimum atomic E-state index is 0.976. The van der Waals surface area contributed by atoms with E-state index in [9.17, 15) is 0 Å². The molecule has 0 radical (unpaired) electrons. The number of aromatic nitrogens is 2. The molecule has 2 aromatic heterocycles. The van der Waals surface area contributed by atoms with Gasteiger partial charge in [-0.2, -0.15) is 10.2 Å². The zero-order valence-electron chi connectivity index (χ0n) is 8.91. The molecule has 2 rings (SSSR count). The number of nitrogens with two attached hydrogens (primary N) is 1. The van der Waals surface area contributed by atoms with Crippen molar-refractivity contribution >= 4 is 18.2 Å². The molecule has 6 heteroatoms. The number of hydrogen-bond donors (Lipinski definition) is 2. The van der Waals surface area contributed by atoms with Crippen LogP contribution in [0, 0.1) is 0 Å². The van der Waals surface area contributed by atoms with Crippen molar-refractivity contribution in [2.75, 3.05) is 0 Å². The third kappa shape index (κ3) is 1.85. The summed E-state index contributed by atoms with van der Waals surface area (Å²) in [7, 11) is 1.98. The van der Waals surface area contributed by atoms with E-state index in [1.807, 2.05) is 46.6 Å². The van der Waals surface area contributed by atoms with E-state index in [1.165, 1.54) is 6.34 Å². The summed E-state index contributed by atoms with van der Waals surface area (Å²) in [4.78, 5) is 0. The van der Waals surface area contributed by atoms with Crippen molar-refractivity contribution in [1.29, 1.82) is 0 Å². The van der Waals surface area contributed by atoms with E-state index < -0.39 is 0 Å². The molecule has 0 amide bonds. The molecule has 0 fully saturated rings. The van der Waals surface area contributed by atoms with Gasteiger partial charge in [-0.3, -0.25) is 5.43 Å². The van der Waals surface area contributed by atoms with Crippen LogP contribution in [0.3, 0.4) is 0 Å². The van der Waals surface area contributed by atoms with E-state index >= 15 is 0 Å². The Morgan fingerprint density at radius 2 is 2.38 bits per heavy atom. The lowest BCUT2D eigenvalue weighted by molar-refractivity contribution is -0.510. The fraction of sp³-hybridized carbons (Fsp3) is 0.100. The summed E-state index contributed by atoms with van der Waals surface area (Å²) in [5, 5.41) is 7.22. The lowest BCUT2D eigenvalue weighted by Crippen LogP contribution is -2.17. The Balaban J connectivity index is 2.31. The van der Waals surface area contributed by atoms with Gasteiger partial charge in [0.2, 0.25) is 0 Å². The van der Waals surface area contributed by atoms with Crippen LogP contribution < -0.4 is 15.7 Å². The van der Waals surface area contributed by atoms with Gasteiger partial charge in [-0.25, -0.2) is 8.97 Å². The van der Waals surface area contributed by atoms with Crippen molar-refractivity contribution < 1.29 is 4.40 Å². The lowest BCUT2D eigenvalue weighted by Gasteiger charge is -1.88. The highest BCUT2D eigenvalue weighted by molar-refractivity contribution is 5.78. The first-order chi connectivity index (χ1) is 7.83. The Kier molecular flexibility index (Phi) is 2.81. The summed E-state index contributed by atoms with van der Waals surface area (Å²) in [5.74, 6) is 4.92. The normalized spacial score (nSPS) is 11.8. The first-order valence-corrected chi connectivity index (χ1v) is 4.79. The van der Waals surface area contributed by atoms with Crippen LogP contribution in [-0.4, -0.2) is 17.1 Å². The highest BCUT2D eigenvalue weighted by atomic mass is 15.3. The van der Waals surface area contributed by atoms with Gasteiger partial charge in [0, 0.05) is 6.07 Å². The van der Waals surface area contributed by atoms with Gasteiger partial charge >= 0.3 is 0 Å². The van der Waals surface area contributed by atoms with Gasteiger partial charge in [0.25, 0.3) is 5.65 Å². The molecule has 0 atom stereocenters. The monoisotopic (exact) mass is 217 g/mol. The Labute approximate surface area is 92.7 Å². The number of hydrazone groups is 2. The molecule has 6 nitrogen and oxygen atoms in total. The molecule has 0 saturated heterocycles. The van der Waals surface area contributed by atoms with Gasteiger partial charge in [-0.15, -0.1) is 0 Å². The van der Waals surface area contributed by atoms with Crippen molar-refractivity contribution in [2.24, 2.45) is 23.1 Å². The van der Waals surface area contributed by atoms with Crippen molar-refractivity contribution in [3.05, 3.63) is 36.3 Å². The maximum atomic E-state index is 4.92. The Morgan fingerprint density at radius 3 is 3.12 bits per heavy atom. The maximum absolute atomic E-state index is 4.92. The minimum absolute atomic E-state index is 0.976. The Hall–Kier alpha value is -2.37. The Morgan fingerprint density at radius 1 is 1.50 bits per heavy atom. The molecule has 3 N–H and O–H groups in total. The molecule has 16 heavy (non-hydrogen) atoms. The van der Waals surface area contributed by atoms with E-state index in [1.54, 1.807) is 6.21 Å². The molecule has 0 saturated carbocycles. The number of imidazole rings is 1. The van der Waals surface area contributed by atoms with Gasteiger partial charge in [0.15, 0.2) is 5.69 Å². The molecule has 82 valence electrons. The second-order valence-electron chi connectivity index (χ2n) is 3.24. The van der Waals surface area contributed by atoms with Gasteiger partial charge in [0.05, 0.1) is 19.5 Å². The summed E-state index contributed by atoms with van der Waals surface area (Å²) in [6.07, 6.45) is 6.99. The standard InChI is InChI=1S/C10H13N6/c1-15-9(6-13-14-8-12-11)7-16-5-3-2-4-10(15)16/h2-8H,11H2,1H3,(H,12,14)/q+1. The fourth-order valence-electron chi connectivity index (χ4n) is 1.49. The van der Waals surface area contributed by atoms with Crippen LogP contribution in [0.2, 0.25) is 0 Å². The SMILES string of the molecule is Cn1c(C=NNC=NN)c[n+]2ccccc12. The van der Waals surface area contributed by atoms with Crippen molar-refractivity contribution in [3.8, 4) is 0 Å². The second kappa shape index (κ2) is 4.43. The third-order valence-corrected chi connectivity index (χ3v) is 2.27. The summed E-state index contributed by atoms with van der Waals surface area (Å²) in [5.41, 5.74) is 4.66. The Bertz CT molecular complexity index is 539. The van der Waals surface area contributed by atoms with Crippen molar-refractivity contribution in [1.82, 2.24) is 9.99 Å². The van der Waals surface area contributed by atoms with E-state index in [2.05, 4.69) is 15.6 Å². The summed E-state index contributed by atoms with van der Waals surface area (Å²) < 4.78 is 4.06. The van der Waals surface area contributed by atoms with Gasteiger partial charge in [0.1, 0.15) is 12.5 Å². The molecule has 0 spiro atoms. The number of hydrogen-bond acceptors (Lipinski definition) is 3. The quantitative estimate of drug-likeness (QED) is 0.241. The summed E-state index contributed by atoms with van der Waals surface area (Å²) in [6.45, 7) is 0. The fourth-order valence-corrected chi connectivity index (χ4v) is 1.49. The minimum Gasteiger partial charge on any atom is -0.322 e. The second-order valence-corrected chi connectivity index (χ2v) is 3.24. The van der Waals surface area contributed by atoms with E-state index in [0.717, 1.165) is 11.3 Å². The zero-order chi connectivity index (χ0) is 11.4. The topological polar surface area (TPSA) is 71.8 Å². The van der Waals surface area contributed by atoms with E-state index in [4.69, 9.17) is 5.84 Å². The van der Waals surface area contributed by atoms with Gasteiger partial charge in [-0.05, 0) is 6.07 Å². The maximum Gasteiger partial charge on any atom is 0.286 e. The molecule has 0 aromatic carbocycles. The molecule has 0 aliphatic carbocycles. The van der Waals surface area contributed by atoms with Crippen LogP contribution in [0.25, 0.3) is 5.65 Å². The number of nitrogens with one attached hydrogen (secondary N) is 1. The lowest BCUT2D eigenvalue weighted by atomic mass is 10.5. The molecule has 0 aliphatic heterocycles. The number of aryl methyl sites for hydroxylation is 1. The predicted molar refractivity (Wildman–Crippen MR) is 62.0 cm³/mol. The predicted octanol–water partition coefficient (Wildman–Crippen LogP) is -0.411. The average Bonchev–Trinajstić information content (AvgIpc) is 2.63.